The topological polar surface area (TPSA) is 29.0 Å². The van der Waals surface area contributed by atoms with Gasteiger partial charge in [-0.3, -0.25) is 0 Å². The van der Waals surface area contributed by atoms with Crippen LogP contribution in [0.3, 0.4) is 0 Å². The van der Waals surface area contributed by atoms with Gasteiger partial charge in [-0.05, 0) is 98.9 Å². The quantitative estimate of drug-likeness (QED) is 0.162. The fraction of sp³-hybridized carbons (Fsp3) is 0.245. The van der Waals surface area contributed by atoms with Crippen LogP contribution in [0.4, 0.5) is 5.69 Å². The van der Waals surface area contributed by atoms with Crippen LogP contribution in [0.1, 0.15) is 46.4 Å². The maximum absolute atomic E-state index is 4.83. The summed E-state index contributed by atoms with van der Waals surface area (Å²) in [5.74, 6) is 1.97. The first-order valence-electron chi connectivity index (χ1n) is 20.7. The highest BCUT2D eigenvalue weighted by atomic mass is 32.2. The van der Waals surface area contributed by atoms with Gasteiger partial charge in [-0.2, -0.15) is 0 Å². The van der Waals surface area contributed by atoms with E-state index in [2.05, 4.69) is 152 Å². The molecule has 10 rings (SSSR count). The second-order valence-electron chi connectivity index (χ2n) is 15.6. The Labute approximate surface area is 354 Å². The molecule has 5 aromatic carbocycles. The van der Waals surface area contributed by atoms with E-state index in [1.807, 2.05) is 87.1 Å². The minimum Gasteiger partial charge on any atom is -0.360 e. The van der Waals surface area contributed by atoms with Crippen molar-refractivity contribution in [3.05, 3.63) is 187 Å². The number of anilines is 1. The number of thioether (sulfide) groups is 2. The number of fused-ring (bicyclic) bond motifs is 3. The third-order valence-electron chi connectivity index (χ3n) is 12.1. The van der Waals surface area contributed by atoms with Crippen LogP contribution >= 0.6 is 23.5 Å². The van der Waals surface area contributed by atoms with E-state index < -0.39 is 0 Å². The number of allylic oxidation sites excluding steroid dienone is 4. The first kappa shape index (κ1) is 39.7. The molecule has 3 heterocycles. The summed E-state index contributed by atoms with van der Waals surface area (Å²) in [7, 11) is 0. The molecule has 6 aromatic rings. The summed E-state index contributed by atoms with van der Waals surface area (Å²) in [6, 6.07) is 52.6. The second kappa shape index (κ2) is 17.8. The van der Waals surface area contributed by atoms with Gasteiger partial charge in [0.1, 0.15) is 5.82 Å². The van der Waals surface area contributed by atoms with Gasteiger partial charge >= 0.3 is 0 Å². The molecule has 0 N–H and O–H groups in total. The molecule has 5 heteroatoms. The SMILES string of the molecule is C/C=C\C.CCC12C=CC3C(C1)C1/C=C(\C)Sc4ccccc4S[C@@H]2C1N3c1ccc(-c2cccc(-c3cc(-c4ccccc4)nc(C)n3)c2)cc1.c1ccccc1. The van der Waals surface area contributed by atoms with Gasteiger partial charge in [-0.15, -0.1) is 11.8 Å². The molecule has 58 heavy (non-hydrogen) atoms. The van der Waals surface area contributed by atoms with E-state index in [1.54, 1.807) is 0 Å². The van der Waals surface area contributed by atoms with Crippen molar-refractivity contribution in [1.82, 2.24) is 9.97 Å². The standard InChI is InChI=1S/C43H39N3S2.C6H6.C4H8/c1-4-43-22-21-38-35(26-43)34-23-27(2)47-39-15-8-9-16-40(39)48-42(43)41(34)46(38)33-19-17-29(18-20-33)31-13-10-14-32(24-31)37-25-36(44-28(3)45-37)30-11-6-5-7-12-30;1-2-4-6-5-3-1;1-3-4-2/h5-25,34-35,38,41-42H,4,26H2,1-3H3;1-6H;3-4H,1-2H3/b27-23+;;4-3-/t34?,35?,38?,41?,42-,43?;;/m1../s1. The van der Waals surface area contributed by atoms with Gasteiger partial charge in [0, 0.05) is 49.2 Å². The van der Waals surface area contributed by atoms with E-state index in [-0.39, 0.29) is 5.41 Å². The Balaban J connectivity index is 0.000000417. The minimum absolute atomic E-state index is 0.228. The fourth-order valence-corrected chi connectivity index (χ4v) is 12.1. The van der Waals surface area contributed by atoms with Crippen molar-refractivity contribution in [1.29, 1.82) is 0 Å². The molecule has 2 aliphatic heterocycles. The predicted octanol–water partition coefficient (Wildman–Crippen LogP) is 14.4. The van der Waals surface area contributed by atoms with Crippen molar-refractivity contribution in [2.45, 2.75) is 74.6 Å². The summed E-state index contributed by atoms with van der Waals surface area (Å²) in [5.41, 5.74) is 8.11. The summed E-state index contributed by atoms with van der Waals surface area (Å²) >= 11 is 4.10. The molecule has 3 nitrogen and oxygen atoms in total. The van der Waals surface area contributed by atoms with E-state index in [0.717, 1.165) is 28.3 Å². The zero-order chi connectivity index (χ0) is 40.1. The van der Waals surface area contributed by atoms with Gasteiger partial charge in [0.15, 0.2) is 0 Å². The van der Waals surface area contributed by atoms with Crippen molar-refractivity contribution in [3.8, 4) is 33.6 Å². The molecule has 5 bridgehead atoms. The van der Waals surface area contributed by atoms with Crippen LogP contribution < -0.4 is 4.90 Å². The summed E-state index contributed by atoms with van der Waals surface area (Å²) in [6.45, 7) is 10.7. The highest BCUT2D eigenvalue weighted by molar-refractivity contribution is 8.04. The monoisotopic (exact) mass is 795 g/mol. The molecule has 0 amide bonds. The zero-order valence-electron chi connectivity index (χ0n) is 34.2. The first-order chi connectivity index (χ1) is 28.4. The smallest absolute Gasteiger partial charge is 0.126 e. The predicted molar refractivity (Wildman–Crippen MR) is 249 cm³/mol. The third-order valence-corrected chi connectivity index (χ3v) is 14.9. The summed E-state index contributed by atoms with van der Waals surface area (Å²) in [4.78, 5) is 16.6. The van der Waals surface area contributed by atoms with Crippen LogP contribution in [0.25, 0.3) is 33.6 Å². The van der Waals surface area contributed by atoms with Crippen LogP contribution in [0.15, 0.2) is 191 Å². The molecule has 5 unspecified atom stereocenters. The lowest BCUT2D eigenvalue weighted by molar-refractivity contribution is 0.167. The zero-order valence-corrected chi connectivity index (χ0v) is 35.8. The van der Waals surface area contributed by atoms with E-state index in [1.165, 1.54) is 44.4 Å². The molecule has 2 aliphatic carbocycles. The number of hydrogen-bond acceptors (Lipinski definition) is 5. The fourth-order valence-electron chi connectivity index (χ4n) is 9.26. The number of aryl methyl sites for hydroxylation is 1. The highest BCUT2D eigenvalue weighted by Crippen LogP contribution is 2.64. The number of aromatic nitrogens is 2. The molecule has 0 radical (unpaired) electrons. The van der Waals surface area contributed by atoms with Crippen molar-refractivity contribution >= 4 is 29.2 Å². The Hall–Kier alpha value is -5.10. The average molecular weight is 796 g/mol. The van der Waals surface area contributed by atoms with E-state index in [0.29, 0.717) is 29.2 Å². The highest BCUT2D eigenvalue weighted by Gasteiger charge is 2.62. The van der Waals surface area contributed by atoms with Crippen molar-refractivity contribution in [3.63, 3.8) is 0 Å². The summed E-state index contributed by atoms with van der Waals surface area (Å²) in [6.07, 6.45) is 14.3. The molecule has 1 aromatic heterocycles. The van der Waals surface area contributed by atoms with Crippen molar-refractivity contribution in [2.24, 2.45) is 17.3 Å². The van der Waals surface area contributed by atoms with Gasteiger partial charge in [0.25, 0.3) is 0 Å². The largest absolute Gasteiger partial charge is 0.360 e. The van der Waals surface area contributed by atoms with Gasteiger partial charge in [0.05, 0.1) is 17.4 Å². The van der Waals surface area contributed by atoms with Gasteiger partial charge in [-0.1, -0.05) is 158 Å². The summed E-state index contributed by atoms with van der Waals surface area (Å²) < 4.78 is 0. The van der Waals surface area contributed by atoms with E-state index in [9.17, 15) is 0 Å². The Bertz CT molecular complexity index is 2370. The molecule has 4 aliphatic rings. The van der Waals surface area contributed by atoms with E-state index in [4.69, 9.17) is 9.97 Å². The van der Waals surface area contributed by atoms with Crippen molar-refractivity contribution in [2.75, 3.05) is 4.90 Å². The molecular formula is C53H53N3S2. The molecule has 6 atom stereocenters. The second-order valence-corrected chi connectivity index (χ2v) is 18.1. The maximum atomic E-state index is 4.83. The third kappa shape index (κ3) is 8.12. The first-order valence-corrected chi connectivity index (χ1v) is 22.4. The molecule has 1 saturated heterocycles. The molecule has 292 valence electrons. The lowest BCUT2D eigenvalue weighted by Crippen LogP contribution is -2.51. The van der Waals surface area contributed by atoms with Crippen molar-refractivity contribution < 1.29 is 0 Å². The number of nitrogens with zero attached hydrogens (tertiary/aromatic N) is 3. The summed E-state index contributed by atoms with van der Waals surface area (Å²) in [5, 5.41) is 0.491. The van der Waals surface area contributed by atoms with Crippen LogP contribution in [-0.2, 0) is 0 Å². The Morgan fingerprint density at radius 3 is 1.95 bits per heavy atom. The number of rotatable bonds is 5. The lowest BCUT2D eigenvalue weighted by atomic mass is 9.60. The lowest BCUT2D eigenvalue weighted by Gasteiger charge is -2.49. The molecule has 2 fully saturated rings. The van der Waals surface area contributed by atoms with Crippen LogP contribution in [-0.4, -0.2) is 27.3 Å². The van der Waals surface area contributed by atoms with Gasteiger partial charge in [0.2, 0.25) is 0 Å². The maximum Gasteiger partial charge on any atom is 0.126 e. The number of benzene rings is 5. The molecular weight excluding hydrogens is 743 g/mol. The molecule has 1 saturated carbocycles. The van der Waals surface area contributed by atoms with Crippen LogP contribution in [0.2, 0.25) is 0 Å². The minimum atomic E-state index is 0.228. The van der Waals surface area contributed by atoms with Gasteiger partial charge < -0.3 is 4.90 Å². The Morgan fingerprint density at radius 1 is 0.672 bits per heavy atom. The van der Waals surface area contributed by atoms with Crippen LogP contribution in [0, 0.1) is 24.2 Å². The van der Waals surface area contributed by atoms with Crippen LogP contribution in [0.5, 0.6) is 0 Å². The Kier molecular flexibility index (Phi) is 12.2. The van der Waals surface area contributed by atoms with E-state index >= 15 is 0 Å². The Morgan fingerprint density at radius 2 is 1.28 bits per heavy atom. The van der Waals surface area contributed by atoms with Gasteiger partial charge in [-0.25, -0.2) is 9.97 Å². The normalized spacial score (nSPS) is 24.5. The average Bonchev–Trinajstić information content (AvgIpc) is 3.46. The number of hydrogen-bond donors (Lipinski definition) is 0. The molecule has 0 spiro atoms.